The second kappa shape index (κ2) is 13.6. The fourth-order valence-corrected chi connectivity index (χ4v) is 11.0. The minimum Gasteiger partial charge on any atom is -0.455 e. The van der Waals surface area contributed by atoms with Crippen LogP contribution in [0.3, 0.4) is 0 Å². The lowest BCUT2D eigenvalue weighted by Crippen LogP contribution is -2.28. The van der Waals surface area contributed by atoms with Crippen molar-refractivity contribution < 1.29 is 4.42 Å². The van der Waals surface area contributed by atoms with E-state index in [-0.39, 0.29) is 12.0 Å². The number of furan rings is 1. The number of aromatic nitrogens is 2. The Kier molecular flexibility index (Phi) is 7.48. The monoisotopic (exact) mass is 817 g/mol. The van der Waals surface area contributed by atoms with Crippen molar-refractivity contribution >= 4 is 82.5 Å². The molecule has 2 unspecified atom stereocenters. The zero-order valence-corrected chi connectivity index (χ0v) is 34.8. The van der Waals surface area contributed by atoms with E-state index in [0.29, 0.717) is 0 Å². The predicted molar refractivity (Wildman–Crippen MR) is 267 cm³/mol. The number of fused-ring (bicyclic) bond motifs is 12. The van der Waals surface area contributed by atoms with Gasteiger partial charge in [-0.15, -0.1) is 0 Å². The Morgan fingerprint density at radius 3 is 1.72 bits per heavy atom. The Morgan fingerprint density at radius 1 is 0.406 bits per heavy atom. The van der Waals surface area contributed by atoms with Crippen molar-refractivity contribution in [3.63, 3.8) is 0 Å². The van der Waals surface area contributed by atoms with Crippen molar-refractivity contribution in [1.82, 2.24) is 9.13 Å². The molecule has 300 valence electrons. The summed E-state index contributed by atoms with van der Waals surface area (Å²) >= 11 is 0. The molecule has 1 aliphatic carbocycles. The zero-order chi connectivity index (χ0) is 41.9. The van der Waals surface area contributed by atoms with Gasteiger partial charge in [0.15, 0.2) is 0 Å². The van der Waals surface area contributed by atoms with Crippen molar-refractivity contribution in [3.05, 3.63) is 236 Å². The molecule has 4 nitrogen and oxygen atoms in total. The summed E-state index contributed by atoms with van der Waals surface area (Å²) in [5.41, 5.74) is 17.2. The van der Waals surface area contributed by atoms with Crippen LogP contribution in [0.4, 0.5) is 11.4 Å². The first-order valence-corrected chi connectivity index (χ1v) is 22.2. The topological polar surface area (TPSA) is 26.2 Å². The molecule has 2 aliphatic rings. The number of hydrogen-bond acceptors (Lipinski definition) is 2. The summed E-state index contributed by atoms with van der Waals surface area (Å²) in [4.78, 5) is 2.49. The minimum absolute atomic E-state index is 0.206. The second-order valence-corrected chi connectivity index (χ2v) is 17.2. The normalized spacial score (nSPS) is 15.8. The van der Waals surface area contributed by atoms with E-state index >= 15 is 0 Å². The molecule has 0 saturated carbocycles. The van der Waals surface area contributed by atoms with Gasteiger partial charge in [-0.1, -0.05) is 140 Å². The average molecular weight is 818 g/mol. The van der Waals surface area contributed by atoms with Crippen LogP contribution in [0.1, 0.15) is 17.0 Å². The summed E-state index contributed by atoms with van der Waals surface area (Å²) in [5.74, 6) is 0.226. The predicted octanol–water partition coefficient (Wildman–Crippen LogP) is 15.7. The summed E-state index contributed by atoms with van der Waals surface area (Å²) in [5, 5.41) is 7.11. The van der Waals surface area contributed by atoms with Crippen LogP contribution in [0.15, 0.2) is 229 Å². The quantitative estimate of drug-likeness (QED) is 0.173. The Bertz CT molecular complexity index is 3870. The van der Waals surface area contributed by atoms with Crippen LogP contribution >= 0.6 is 0 Å². The zero-order valence-electron chi connectivity index (χ0n) is 34.8. The SMILES string of the molecule is C1=CC2C(C=C1c1ccc3oc4c(-c5ccc6c(c5)c5ccccc5n6-c5ccccc5)cc(-n5c6ccccc6c6ccccc65)cc4c3c1)c1ccccc1N2c1ccccc1. The number of allylic oxidation sites excluding steroid dienone is 2. The van der Waals surface area contributed by atoms with Crippen molar-refractivity contribution in [2.24, 2.45) is 0 Å². The van der Waals surface area contributed by atoms with E-state index < -0.39 is 0 Å². The van der Waals surface area contributed by atoms with Crippen molar-refractivity contribution in [2.45, 2.75) is 12.0 Å². The first kappa shape index (κ1) is 35.3. The number of nitrogens with zero attached hydrogens (tertiary/aromatic N) is 3. The van der Waals surface area contributed by atoms with Crippen LogP contribution in [0.2, 0.25) is 0 Å². The third-order valence-corrected chi connectivity index (χ3v) is 13.8. The van der Waals surface area contributed by atoms with Crippen LogP contribution in [0.5, 0.6) is 0 Å². The Balaban J connectivity index is 0.985. The van der Waals surface area contributed by atoms with Crippen LogP contribution in [0, 0.1) is 0 Å². The van der Waals surface area contributed by atoms with E-state index in [4.69, 9.17) is 4.42 Å². The molecular weight excluding hydrogens is 779 g/mol. The van der Waals surface area contributed by atoms with Crippen LogP contribution in [0.25, 0.3) is 93.6 Å². The Labute approximate surface area is 369 Å². The van der Waals surface area contributed by atoms with Crippen molar-refractivity contribution in [2.75, 3.05) is 4.90 Å². The molecule has 0 amide bonds. The van der Waals surface area contributed by atoms with Gasteiger partial charge >= 0.3 is 0 Å². The van der Waals surface area contributed by atoms with Gasteiger partial charge in [-0.2, -0.15) is 0 Å². The lowest BCUT2D eigenvalue weighted by molar-refractivity contribution is 0.670. The smallest absolute Gasteiger partial charge is 0.143 e. The molecule has 4 heteroatoms. The molecule has 12 aromatic rings. The number of anilines is 2. The Hall–Kier alpha value is -8.34. The van der Waals surface area contributed by atoms with Gasteiger partial charge in [0.25, 0.3) is 0 Å². The molecule has 0 saturated heterocycles. The van der Waals surface area contributed by atoms with E-state index in [1.54, 1.807) is 0 Å². The fraction of sp³-hybridized carbons (Fsp3) is 0.0333. The molecule has 0 bridgehead atoms. The second-order valence-electron chi connectivity index (χ2n) is 17.2. The molecule has 14 rings (SSSR count). The maximum atomic E-state index is 7.02. The first-order chi connectivity index (χ1) is 31.7. The standard InChI is InChI=1S/C60H39N3O/c1-3-15-41(16-4-1)61-55-25-13-9-21-46(55)49-33-38(27-30-57(49)61)39-29-32-59-51(34-39)52-37-43(63-53-23-11-7-19-44(53)45-20-8-12-24-54(45)63)36-48(60(52)64-59)40-28-31-58-50(35-40)47-22-10-14-26-56(47)62(58)42-17-5-2-6-18-42/h1-37,49,57H. The highest BCUT2D eigenvalue weighted by molar-refractivity contribution is 6.15. The molecule has 0 radical (unpaired) electrons. The summed E-state index contributed by atoms with van der Waals surface area (Å²) in [6, 6.07) is 75.2. The molecule has 4 heterocycles. The van der Waals surface area contributed by atoms with Crippen LogP contribution in [-0.2, 0) is 0 Å². The van der Waals surface area contributed by atoms with Crippen LogP contribution in [-0.4, -0.2) is 15.2 Å². The summed E-state index contributed by atoms with van der Waals surface area (Å²) in [6.45, 7) is 0. The van der Waals surface area contributed by atoms with Gasteiger partial charge in [-0.25, -0.2) is 0 Å². The van der Waals surface area contributed by atoms with Gasteiger partial charge in [0.1, 0.15) is 11.2 Å². The van der Waals surface area contributed by atoms with Gasteiger partial charge < -0.3 is 18.5 Å². The van der Waals surface area contributed by atoms with Gasteiger partial charge in [0.2, 0.25) is 0 Å². The van der Waals surface area contributed by atoms with Crippen LogP contribution < -0.4 is 4.90 Å². The first-order valence-electron chi connectivity index (χ1n) is 22.2. The number of benzene rings is 9. The molecule has 0 N–H and O–H groups in total. The van der Waals surface area contributed by atoms with E-state index in [1.807, 2.05) is 0 Å². The molecule has 0 fully saturated rings. The summed E-state index contributed by atoms with van der Waals surface area (Å²) in [7, 11) is 0. The average Bonchev–Trinajstić information content (AvgIpc) is 4.10. The molecule has 9 aromatic carbocycles. The highest BCUT2D eigenvalue weighted by atomic mass is 16.3. The minimum atomic E-state index is 0.206. The summed E-state index contributed by atoms with van der Waals surface area (Å²) < 4.78 is 11.8. The van der Waals surface area contributed by atoms with E-state index in [2.05, 4.69) is 239 Å². The third-order valence-electron chi connectivity index (χ3n) is 13.8. The van der Waals surface area contributed by atoms with Gasteiger partial charge in [0.05, 0.1) is 28.1 Å². The van der Waals surface area contributed by atoms with Crippen molar-refractivity contribution in [3.8, 4) is 22.5 Å². The maximum absolute atomic E-state index is 7.02. The number of para-hydroxylation sites is 6. The largest absolute Gasteiger partial charge is 0.455 e. The highest BCUT2D eigenvalue weighted by Crippen LogP contribution is 2.50. The molecule has 0 spiro atoms. The highest BCUT2D eigenvalue weighted by Gasteiger charge is 2.38. The molecular formula is C60H39N3O. The molecule has 1 aliphatic heterocycles. The Morgan fingerprint density at radius 2 is 0.984 bits per heavy atom. The van der Waals surface area contributed by atoms with E-state index in [0.717, 1.165) is 44.4 Å². The third kappa shape index (κ3) is 5.11. The maximum Gasteiger partial charge on any atom is 0.143 e. The molecule has 64 heavy (non-hydrogen) atoms. The summed E-state index contributed by atoms with van der Waals surface area (Å²) in [6.07, 6.45) is 7.20. The number of rotatable bonds is 5. The van der Waals surface area contributed by atoms with Crippen molar-refractivity contribution in [1.29, 1.82) is 0 Å². The molecule has 3 aromatic heterocycles. The number of hydrogen-bond donors (Lipinski definition) is 0. The van der Waals surface area contributed by atoms with Gasteiger partial charge in [-0.05, 0) is 107 Å². The lowest BCUT2D eigenvalue weighted by Gasteiger charge is -2.29. The van der Waals surface area contributed by atoms with Gasteiger partial charge in [-0.3, -0.25) is 0 Å². The van der Waals surface area contributed by atoms with E-state index in [9.17, 15) is 0 Å². The van der Waals surface area contributed by atoms with Gasteiger partial charge in [0, 0.05) is 66.5 Å². The lowest BCUT2D eigenvalue weighted by atomic mass is 9.86. The molecule has 2 atom stereocenters. The fourth-order valence-electron chi connectivity index (χ4n) is 11.0. The van der Waals surface area contributed by atoms with E-state index in [1.165, 1.54) is 71.7 Å².